The molecule has 0 aromatic heterocycles. The van der Waals surface area contributed by atoms with Crippen LogP contribution in [0.25, 0.3) is 0 Å². The maximum absolute atomic E-state index is 13.4. The third kappa shape index (κ3) is 9.24. The highest BCUT2D eigenvalue weighted by Gasteiger charge is 2.26. The lowest BCUT2D eigenvalue weighted by molar-refractivity contribution is -0.140. The molecule has 9 heteroatoms. The molecule has 7 nitrogen and oxygen atoms in total. The molecule has 198 valence electrons. The number of carbonyl (C=O) groups is 2. The second-order valence-corrected chi connectivity index (χ2v) is 12.1. The van der Waals surface area contributed by atoms with Gasteiger partial charge in [0.15, 0.2) is 0 Å². The van der Waals surface area contributed by atoms with Crippen LogP contribution >= 0.6 is 15.9 Å². The van der Waals surface area contributed by atoms with Gasteiger partial charge in [0.05, 0.1) is 11.9 Å². The summed E-state index contributed by atoms with van der Waals surface area (Å²) in [5.41, 5.74) is 3.44. The third-order valence-electron chi connectivity index (χ3n) is 5.89. The fraction of sp³-hybridized carbons (Fsp3) is 0.481. The summed E-state index contributed by atoms with van der Waals surface area (Å²) in [7, 11) is -3.53. The first-order chi connectivity index (χ1) is 16.9. The first-order valence-electron chi connectivity index (χ1n) is 12.3. The van der Waals surface area contributed by atoms with Crippen molar-refractivity contribution in [3.63, 3.8) is 0 Å². The van der Waals surface area contributed by atoms with Crippen LogP contribution in [0, 0.1) is 13.8 Å². The van der Waals surface area contributed by atoms with Gasteiger partial charge in [0.25, 0.3) is 0 Å². The molecule has 1 N–H and O–H groups in total. The van der Waals surface area contributed by atoms with E-state index in [4.69, 9.17) is 0 Å². The van der Waals surface area contributed by atoms with Crippen molar-refractivity contribution in [3.05, 3.63) is 63.6 Å². The van der Waals surface area contributed by atoms with Crippen LogP contribution < -0.4 is 9.62 Å². The summed E-state index contributed by atoms with van der Waals surface area (Å²) in [6, 6.07) is 12.6. The van der Waals surface area contributed by atoms with E-state index < -0.39 is 16.1 Å². The van der Waals surface area contributed by atoms with Gasteiger partial charge < -0.3 is 10.2 Å². The molecule has 2 amide bonds. The van der Waals surface area contributed by atoms with E-state index in [-0.39, 0.29) is 31.3 Å². The molecule has 0 unspecified atom stereocenters. The molecule has 2 aromatic carbocycles. The van der Waals surface area contributed by atoms with Crippen LogP contribution in [-0.4, -0.2) is 50.5 Å². The quantitative estimate of drug-likeness (QED) is 0.340. The van der Waals surface area contributed by atoms with E-state index in [1.54, 1.807) is 11.8 Å². The third-order valence-corrected chi connectivity index (χ3v) is 7.57. The lowest BCUT2D eigenvalue weighted by Crippen LogP contribution is -2.48. The number of hydrogen-bond acceptors (Lipinski definition) is 4. The summed E-state index contributed by atoms with van der Waals surface area (Å²) < 4.78 is 27.3. The van der Waals surface area contributed by atoms with E-state index in [0.29, 0.717) is 18.7 Å². The summed E-state index contributed by atoms with van der Waals surface area (Å²) in [5.74, 6) is -0.387. The van der Waals surface area contributed by atoms with Crippen molar-refractivity contribution in [1.82, 2.24) is 10.2 Å². The van der Waals surface area contributed by atoms with Crippen molar-refractivity contribution in [1.29, 1.82) is 0 Å². The molecule has 0 saturated carbocycles. The zero-order valence-corrected chi connectivity index (χ0v) is 24.3. The maximum Gasteiger partial charge on any atom is 0.242 e. The van der Waals surface area contributed by atoms with Crippen molar-refractivity contribution in [2.75, 3.05) is 23.7 Å². The number of rotatable bonds is 13. The minimum atomic E-state index is -3.53. The second-order valence-electron chi connectivity index (χ2n) is 9.26. The highest BCUT2D eigenvalue weighted by atomic mass is 79.9. The number of aryl methyl sites for hydroxylation is 2. The van der Waals surface area contributed by atoms with Crippen LogP contribution in [0.1, 0.15) is 56.2 Å². The molecule has 0 fully saturated rings. The van der Waals surface area contributed by atoms with Gasteiger partial charge in [-0.3, -0.25) is 13.9 Å². The number of carbonyl (C=O) groups excluding carboxylic acids is 2. The summed E-state index contributed by atoms with van der Waals surface area (Å²) in [6.45, 7) is 8.66. The molecule has 0 aliphatic carbocycles. The number of unbranched alkanes of at least 4 members (excludes halogenated alkanes) is 1. The molecule has 0 bridgehead atoms. The Morgan fingerprint density at radius 1 is 1.06 bits per heavy atom. The predicted octanol–water partition coefficient (Wildman–Crippen LogP) is 4.95. The molecular formula is C27H38BrN3O4S. The number of halogens is 1. The Morgan fingerprint density at radius 3 is 2.31 bits per heavy atom. The van der Waals surface area contributed by atoms with Crippen molar-refractivity contribution < 1.29 is 18.0 Å². The summed E-state index contributed by atoms with van der Waals surface area (Å²) >= 11 is 3.46. The Bertz CT molecular complexity index is 1130. The molecule has 0 spiro atoms. The number of amides is 2. The Morgan fingerprint density at radius 2 is 1.72 bits per heavy atom. The van der Waals surface area contributed by atoms with Gasteiger partial charge in [-0.25, -0.2) is 8.42 Å². The molecule has 36 heavy (non-hydrogen) atoms. The normalized spacial score (nSPS) is 12.2. The minimum Gasteiger partial charge on any atom is -0.354 e. The monoisotopic (exact) mass is 579 g/mol. The van der Waals surface area contributed by atoms with Gasteiger partial charge in [0.1, 0.15) is 6.04 Å². The fourth-order valence-electron chi connectivity index (χ4n) is 4.05. The average Bonchev–Trinajstić information content (AvgIpc) is 2.78. The zero-order chi connectivity index (χ0) is 26.9. The van der Waals surface area contributed by atoms with Crippen LogP contribution in [-0.2, 0) is 26.2 Å². The van der Waals surface area contributed by atoms with Crippen LogP contribution in [0.2, 0.25) is 0 Å². The summed E-state index contributed by atoms with van der Waals surface area (Å²) in [5, 5.41) is 2.91. The van der Waals surface area contributed by atoms with Crippen molar-refractivity contribution >= 4 is 43.5 Å². The number of nitrogens with zero attached hydrogens (tertiary/aromatic N) is 2. The Labute approximate surface area is 224 Å². The number of nitrogens with one attached hydrogen (secondary N) is 1. The van der Waals surface area contributed by atoms with Gasteiger partial charge in [0.2, 0.25) is 21.8 Å². The lowest BCUT2D eigenvalue weighted by atomic mass is 10.1. The standard InChI is InChI=1S/C27H38BrN3O4S/c1-6-7-13-29-27(33)22(4)30(19-23-10-8-11-24(28)18-23)26(32)12-9-14-31(36(5,34)35)25-16-20(2)15-21(3)17-25/h8,10-11,15-18,22H,6-7,9,12-14,19H2,1-5H3,(H,29,33)/t22-/m1/s1. The van der Waals surface area contributed by atoms with Crippen molar-refractivity contribution in [2.24, 2.45) is 0 Å². The smallest absolute Gasteiger partial charge is 0.242 e. The van der Waals surface area contributed by atoms with E-state index >= 15 is 0 Å². The van der Waals surface area contributed by atoms with Gasteiger partial charge in [0, 0.05) is 30.5 Å². The van der Waals surface area contributed by atoms with Gasteiger partial charge in [-0.1, -0.05) is 47.5 Å². The van der Waals surface area contributed by atoms with E-state index in [1.807, 2.05) is 56.3 Å². The first-order valence-corrected chi connectivity index (χ1v) is 14.9. The number of hydrogen-bond donors (Lipinski definition) is 1. The second kappa shape index (κ2) is 13.8. The average molecular weight is 581 g/mol. The fourth-order valence-corrected chi connectivity index (χ4v) is 5.45. The number of sulfonamides is 1. The van der Waals surface area contributed by atoms with Crippen LogP contribution in [0.3, 0.4) is 0 Å². The Balaban J connectivity index is 2.17. The topological polar surface area (TPSA) is 86.8 Å². The van der Waals surface area contributed by atoms with E-state index in [0.717, 1.165) is 34.0 Å². The minimum absolute atomic E-state index is 0.122. The van der Waals surface area contributed by atoms with Crippen molar-refractivity contribution in [2.45, 2.75) is 66.0 Å². The number of benzene rings is 2. The van der Waals surface area contributed by atoms with E-state index in [1.165, 1.54) is 10.6 Å². The van der Waals surface area contributed by atoms with Crippen molar-refractivity contribution in [3.8, 4) is 0 Å². The Kier molecular flexibility index (Phi) is 11.4. The van der Waals surface area contributed by atoms with E-state index in [2.05, 4.69) is 28.2 Å². The zero-order valence-electron chi connectivity index (χ0n) is 21.9. The van der Waals surface area contributed by atoms with Gasteiger partial charge >= 0.3 is 0 Å². The van der Waals surface area contributed by atoms with E-state index in [9.17, 15) is 18.0 Å². The molecule has 0 radical (unpaired) electrons. The molecular weight excluding hydrogens is 542 g/mol. The highest BCUT2D eigenvalue weighted by molar-refractivity contribution is 9.10. The molecule has 2 aromatic rings. The lowest BCUT2D eigenvalue weighted by Gasteiger charge is -2.29. The highest BCUT2D eigenvalue weighted by Crippen LogP contribution is 2.22. The van der Waals surface area contributed by atoms with Crippen LogP contribution in [0.15, 0.2) is 46.9 Å². The largest absolute Gasteiger partial charge is 0.354 e. The predicted molar refractivity (Wildman–Crippen MR) is 149 cm³/mol. The van der Waals surface area contributed by atoms with Gasteiger partial charge in [-0.15, -0.1) is 0 Å². The molecule has 0 heterocycles. The molecule has 2 rings (SSSR count). The van der Waals surface area contributed by atoms with Crippen LogP contribution in [0.4, 0.5) is 5.69 Å². The summed E-state index contributed by atoms with van der Waals surface area (Å²) in [6.07, 6.45) is 3.47. The molecule has 0 aliphatic heterocycles. The molecule has 0 saturated heterocycles. The van der Waals surface area contributed by atoms with Crippen LogP contribution in [0.5, 0.6) is 0 Å². The maximum atomic E-state index is 13.4. The number of anilines is 1. The summed E-state index contributed by atoms with van der Waals surface area (Å²) in [4.78, 5) is 27.7. The molecule has 0 aliphatic rings. The Hall–Kier alpha value is -2.39. The first kappa shape index (κ1) is 29.8. The van der Waals surface area contributed by atoms with Gasteiger partial charge in [-0.2, -0.15) is 0 Å². The molecule has 1 atom stereocenters. The van der Waals surface area contributed by atoms with Gasteiger partial charge in [-0.05, 0) is 74.6 Å². The SMILES string of the molecule is CCCCNC(=O)[C@@H](C)N(Cc1cccc(Br)c1)C(=O)CCCN(c1cc(C)cc(C)c1)S(C)(=O)=O.